The predicted octanol–water partition coefficient (Wildman–Crippen LogP) is 1.22. The number of unbranched alkanes of at least 4 members (excludes halogenated alkanes) is 1. The molecule has 0 atom stereocenters. The average Bonchev–Trinajstić information content (AvgIpc) is 2.62. The number of nitrogen functional groups attached to an aromatic ring is 1. The maximum atomic E-state index is 5.85. The Morgan fingerprint density at radius 3 is 2.94 bits per heavy atom. The number of methoxy groups -OCH3 is 1. The first kappa shape index (κ1) is 10.7. The van der Waals surface area contributed by atoms with Gasteiger partial charge in [0.2, 0.25) is 11.8 Å². The third-order valence-electron chi connectivity index (χ3n) is 2.46. The third kappa shape index (κ3) is 1.66. The maximum Gasteiger partial charge on any atom is 0.245 e. The summed E-state index contributed by atoms with van der Waals surface area (Å²) in [6, 6.07) is 0. The van der Waals surface area contributed by atoms with Crippen LogP contribution in [-0.2, 0) is 6.54 Å². The van der Waals surface area contributed by atoms with Crippen LogP contribution in [0.15, 0.2) is 6.33 Å². The lowest BCUT2D eigenvalue weighted by Gasteiger charge is -2.03. The minimum Gasteiger partial charge on any atom is -0.479 e. The SMILES string of the molecule is CCCCn1c(N)nc2c(OC)ncnc21. The van der Waals surface area contributed by atoms with Gasteiger partial charge in [0, 0.05) is 6.54 Å². The van der Waals surface area contributed by atoms with Gasteiger partial charge in [-0.15, -0.1) is 0 Å². The van der Waals surface area contributed by atoms with Crippen LogP contribution in [0.25, 0.3) is 11.2 Å². The molecule has 0 aromatic carbocycles. The number of nitrogens with zero attached hydrogens (tertiary/aromatic N) is 4. The molecule has 6 nitrogen and oxygen atoms in total. The number of aromatic nitrogens is 4. The van der Waals surface area contributed by atoms with E-state index in [-0.39, 0.29) is 0 Å². The van der Waals surface area contributed by atoms with Crippen LogP contribution < -0.4 is 10.5 Å². The molecule has 0 amide bonds. The Hall–Kier alpha value is -1.85. The minimum absolute atomic E-state index is 0.460. The zero-order valence-electron chi connectivity index (χ0n) is 9.47. The van der Waals surface area contributed by atoms with E-state index in [1.165, 1.54) is 6.33 Å². The Balaban J connectivity index is 2.52. The highest BCUT2D eigenvalue weighted by atomic mass is 16.5. The van der Waals surface area contributed by atoms with Crippen LogP contribution in [0, 0.1) is 0 Å². The van der Waals surface area contributed by atoms with E-state index < -0.39 is 0 Å². The first-order valence-corrected chi connectivity index (χ1v) is 5.28. The predicted molar refractivity (Wildman–Crippen MR) is 61.2 cm³/mol. The van der Waals surface area contributed by atoms with Crippen LogP contribution in [-0.4, -0.2) is 26.6 Å². The molecule has 16 heavy (non-hydrogen) atoms. The number of anilines is 1. The normalized spacial score (nSPS) is 10.9. The summed E-state index contributed by atoms with van der Waals surface area (Å²) >= 11 is 0. The first-order chi connectivity index (χ1) is 7.77. The number of nitrogens with two attached hydrogens (primary N) is 1. The van der Waals surface area contributed by atoms with Gasteiger partial charge in [0.15, 0.2) is 11.2 Å². The van der Waals surface area contributed by atoms with Crippen molar-refractivity contribution in [3.05, 3.63) is 6.33 Å². The molecular formula is C10H15N5O. The van der Waals surface area contributed by atoms with Crippen molar-refractivity contribution in [2.45, 2.75) is 26.3 Å². The minimum atomic E-state index is 0.460. The number of rotatable bonds is 4. The van der Waals surface area contributed by atoms with Crippen molar-refractivity contribution < 1.29 is 4.74 Å². The second-order valence-electron chi connectivity index (χ2n) is 3.53. The highest BCUT2D eigenvalue weighted by molar-refractivity contribution is 5.78. The summed E-state index contributed by atoms with van der Waals surface area (Å²) in [4.78, 5) is 12.4. The van der Waals surface area contributed by atoms with E-state index in [1.807, 2.05) is 4.57 Å². The van der Waals surface area contributed by atoms with Crippen molar-refractivity contribution in [3.8, 4) is 5.88 Å². The molecular weight excluding hydrogens is 206 g/mol. The van der Waals surface area contributed by atoms with Gasteiger partial charge in [0.05, 0.1) is 7.11 Å². The fourth-order valence-corrected chi connectivity index (χ4v) is 1.62. The van der Waals surface area contributed by atoms with Gasteiger partial charge in [-0.3, -0.25) is 4.57 Å². The molecule has 0 saturated carbocycles. The molecule has 6 heteroatoms. The molecule has 0 spiro atoms. The van der Waals surface area contributed by atoms with Gasteiger partial charge in [0.25, 0.3) is 0 Å². The van der Waals surface area contributed by atoms with Crippen molar-refractivity contribution in [1.82, 2.24) is 19.5 Å². The Morgan fingerprint density at radius 1 is 1.44 bits per heavy atom. The zero-order chi connectivity index (χ0) is 11.5. The van der Waals surface area contributed by atoms with E-state index in [2.05, 4.69) is 21.9 Å². The number of ether oxygens (including phenoxy) is 1. The summed E-state index contributed by atoms with van der Waals surface area (Å²) in [6.07, 6.45) is 3.61. The molecule has 0 bridgehead atoms. The molecule has 2 aromatic heterocycles. The van der Waals surface area contributed by atoms with Crippen LogP contribution >= 0.6 is 0 Å². The highest BCUT2D eigenvalue weighted by Gasteiger charge is 2.13. The molecule has 2 heterocycles. The standard InChI is InChI=1S/C10H15N5O/c1-3-4-5-15-8-7(14-10(15)11)9(16-2)13-6-12-8/h6H,3-5H2,1-2H3,(H2,11,14). The van der Waals surface area contributed by atoms with E-state index in [1.54, 1.807) is 7.11 Å². The van der Waals surface area contributed by atoms with Gasteiger partial charge in [-0.1, -0.05) is 13.3 Å². The molecule has 0 aliphatic heterocycles. The highest BCUT2D eigenvalue weighted by Crippen LogP contribution is 2.22. The smallest absolute Gasteiger partial charge is 0.245 e. The van der Waals surface area contributed by atoms with Crippen LogP contribution in [0.2, 0.25) is 0 Å². The summed E-state index contributed by atoms with van der Waals surface area (Å²) < 4.78 is 7.01. The fourth-order valence-electron chi connectivity index (χ4n) is 1.62. The van der Waals surface area contributed by atoms with Gasteiger partial charge in [-0.05, 0) is 6.42 Å². The molecule has 2 aromatic rings. The number of aryl methyl sites for hydroxylation is 1. The van der Waals surface area contributed by atoms with Crippen molar-refractivity contribution in [3.63, 3.8) is 0 Å². The lowest BCUT2D eigenvalue weighted by molar-refractivity contribution is 0.401. The average molecular weight is 221 g/mol. The van der Waals surface area contributed by atoms with Crippen molar-refractivity contribution >= 4 is 17.1 Å². The van der Waals surface area contributed by atoms with Gasteiger partial charge in [-0.2, -0.15) is 4.98 Å². The second-order valence-corrected chi connectivity index (χ2v) is 3.53. The number of hydrogen-bond acceptors (Lipinski definition) is 5. The van der Waals surface area contributed by atoms with Gasteiger partial charge < -0.3 is 10.5 Å². The van der Waals surface area contributed by atoms with E-state index >= 15 is 0 Å². The summed E-state index contributed by atoms with van der Waals surface area (Å²) in [5, 5.41) is 0. The summed E-state index contributed by atoms with van der Waals surface area (Å²) in [6.45, 7) is 2.95. The topological polar surface area (TPSA) is 78.9 Å². The van der Waals surface area contributed by atoms with Gasteiger partial charge in [-0.25, -0.2) is 9.97 Å². The van der Waals surface area contributed by atoms with E-state index in [0.717, 1.165) is 25.0 Å². The van der Waals surface area contributed by atoms with E-state index in [0.29, 0.717) is 17.3 Å². The Morgan fingerprint density at radius 2 is 2.25 bits per heavy atom. The Bertz CT molecular complexity index is 493. The first-order valence-electron chi connectivity index (χ1n) is 5.28. The third-order valence-corrected chi connectivity index (χ3v) is 2.46. The molecule has 0 aliphatic rings. The molecule has 0 fully saturated rings. The Labute approximate surface area is 93.5 Å². The fraction of sp³-hybridized carbons (Fsp3) is 0.500. The van der Waals surface area contributed by atoms with Crippen LogP contribution in [0.5, 0.6) is 5.88 Å². The van der Waals surface area contributed by atoms with Crippen LogP contribution in [0.3, 0.4) is 0 Å². The van der Waals surface area contributed by atoms with E-state index in [4.69, 9.17) is 10.5 Å². The number of fused-ring (bicyclic) bond motifs is 1. The van der Waals surface area contributed by atoms with Crippen LogP contribution in [0.4, 0.5) is 5.95 Å². The van der Waals surface area contributed by atoms with Crippen molar-refractivity contribution in [2.75, 3.05) is 12.8 Å². The zero-order valence-corrected chi connectivity index (χ0v) is 9.47. The summed E-state index contributed by atoms with van der Waals surface area (Å²) in [7, 11) is 1.56. The molecule has 2 rings (SSSR count). The molecule has 2 N–H and O–H groups in total. The van der Waals surface area contributed by atoms with Gasteiger partial charge in [0.1, 0.15) is 6.33 Å². The summed E-state index contributed by atoms with van der Waals surface area (Å²) in [5.74, 6) is 0.925. The van der Waals surface area contributed by atoms with E-state index in [9.17, 15) is 0 Å². The lowest BCUT2D eigenvalue weighted by atomic mass is 10.3. The molecule has 0 saturated heterocycles. The molecule has 86 valence electrons. The van der Waals surface area contributed by atoms with Crippen LogP contribution in [0.1, 0.15) is 19.8 Å². The molecule has 0 radical (unpaired) electrons. The Kier molecular flexibility index (Phi) is 2.89. The lowest BCUT2D eigenvalue weighted by Crippen LogP contribution is -2.04. The quantitative estimate of drug-likeness (QED) is 0.839. The van der Waals surface area contributed by atoms with Gasteiger partial charge >= 0.3 is 0 Å². The monoisotopic (exact) mass is 221 g/mol. The number of hydrogen-bond donors (Lipinski definition) is 1. The molecule has 0 aliphatic carbocycles. The molecule has 0 unspecified atom stereocenters. The number of imidazole rings is 1. The maximum absolute atomic E-state index is 5.85. The van der Waals surface area contributed by atoms with Crippen molar-refractivity contribution in [1.29, 1.82) is 0 Å². The second kappa shape index (κ2) is 4.34. The van der Waals surface area contributed by atoms with Crippen molar-refractivity contribution in [2.24, 2.45) is 0 Å². The largest absolute Gasteiger partial charge is 0.479 e. The summed E-state index contributed by atoms with van der Waals surface area (Å²) in [5.41, 5.74) is 7.20.